The van der Waals surface area contributed by atoms with Crippen molar-refractivity contribution in [1.29, 1.82) is 0 Å². The van der Waals surface area contributed by atoms with Gasteiger partial charge in [0.25, 0.3) is 0 Å². The van der Waals surface area contributed by atoms with Crippen LogP contribution in [0.4, 0.5) is 0 Å². The zero-order valence-electron chi connectivity index (χ0n) is 9.02. The Kier molecular flexibility index (Phi) is 4.54. The van der Waals surface area contributed by atoms with Gasteiger partial charge in [-0.15, -0.1) is 0 Å². The van der Waals surface area contributed by atoms with Crippen LogP contribution in [0.25, 0.3) is 0 Å². The van der Waals surface area contributed by atoms with Crippen LogP contribution in [0.1, 0.15) is 47.5 Å². The third kappa shape index (κ3) is 3.91. The van der Waals surface area contributed by atoms with Crippen LogP contribution in [-0.2, 0) is 0 Å². The first-order chi connectivity index (χ1) is 5.49. The second kappa shape index (κ2) is 4.66. The van der Waals surface area contributed by atoms with Gasteiger partial charge in [0.1, 0.15) is 0 Å². The maximum Gasteiger partial charge on any atom is 0.0728 e. The van der Waals surface area contributed by atoms with Crippen molar-refractivity contribution in [1.82, 2.24) is 0 Å². The Morgan fingerprint density at radius 2 is 1.92 bits per heavy atom. The molecule has 1 atom stereocenters. The van der Waals surface area contributed by atoms with E-state index in [4.69, 9.17) is 0 Å². The van der Waals surface area contributed by atoms with Crippen LogP contribution in [0.2, 0.25) is 0 Å². The van der Waals surface area contributed by atoms with Crippen molar-refractivity contribution in [3.05, 3.63) is 11.6 Å². The number of allylic oxidation sites excluding steroid dienone is 1. The molecule has 1 rings (SSSR count). The second-order valence-electron chi connectivity index (χ2n) is 4.13. The SMILES string of the molecule is CC.CC1=CC(O)CC(C)(C)C1. The molecule has 72 valence electrons. The highest BCUT2D eigenvalue weighted by Crippen LogP contribution is 2.34. The smallest absolute Gasteiger partial charge is 0.0728 e. The molecular weight excluding hydrogens is 148 g/mol. The predicted molar refractivity (Wildman–Crippen MR) is 54.1 cm³/mol. The average Bonchev–Trinajstić information content (AvgIpc) is 1.85. The van der Waals surface area contributed by atoms with Crippen LogP contribution in [0.5, 0.6) is 0 Å². The molecule has 0 bridgehead atoms. The maximum absolute atomic E-state index is 9.34. The van der Waals surface area contributed by atoms with E-state index in [1.54, 1.807) is 0 Å². The van der Waals surface area contributed by atoms with E-state index in [9.17, 15) is 5.11 Å². The molecule has 0 spiro atoms. The van der Waals surface area contributed by atoms with E-state index in [0.29, 0.717) is 5.41 Å². The van der Waals surface area contributed by atoms with Gasteiger partial charge < -0.3 is 5.11 Å². The minimum Gasteiger partial charge on any atom is -0.389 e. The summed E-state index contributed by atoms with van der Waals surface area (Å²) < 4.78 is 0. The van der Waals surface area contributed by atoms with Crippen molar-refractivity contribution in [3.63, 3.8) is 0 Å². The molecule has 0 aromatic rings. The first-order valence-electron chi connectivity index (χ1n) is 4.85. The zero-order valence-corrected chi connectivity index (χ0v) is 9.02. The Bertz CT molecular complexity index is 156. The van der Waals surface area contributed by atoms with E-state index in [-0.39, 0.29) is 6.10 Å². The monoisotopic (exact) mass is 170 g/mol. The van der Waals surface area contributed by atoms with Gasteiger partial charge in [0.2, 0.25) is 0 Å². The molecule has 0 heterocycles. The third-order valence-corrected chi connectivity index (χ3v) is 2.00. The van der Waals surface area contributed by atoms with Crippen LogP contribution < -0.4 is 0 Å². The predicted octanol–water partition coefficient (Wildman–Crippen LogP) is 3.14. The van der Waals surface area contributed by atoms with E-state index in [0.717, 1.165) is 12.8 Å². The van der Waals surface area contributed by atoms with Gasteiger partial charge in [-0.25, -0.2) is 0 Å². The lowest BCUT2D eigenvalue weighted by atomic mass is 9.77. The summed E-state index contributed by atoms with van der Waals surface area (Å²) >= 11 is 0. The van der Waals surface area contributed by atoms with Crippen LogP contribution in [0.3, 0.4) is 0 Å². The number of hydrogen-bond acceptors (Lipinski definition) is 1. The minimum absolute atomic E-state index is 0.205. The Labute approximate surface area is 76.5 Å². The summed E-state index contributed by atoms with van der Waals surface area (Å²) in [5.74, 6) is 0. The van der Waals surface area contributed by atoms with Gasteiger partial charge >= 0.3 is 0 Å². The quantitative estimate of drug-likeness (QED) is 0.554. The van der Waals surface area contributed by atoms with Crippen LogP contribution >= 0.6 is 0 Å². The van der Waals surface area contributed by atoms with Gasteiger partial charge in [-0.3, -0.25) is 0 Å². The zero-order chi connectivity index (χ0) is 9.78. The van der Waals surface area contributed by atoms with Crippen LogP contribution in [0, 0.1) is 5.41 Å². The molecule has 1 unspecified atom stereocenters. The lowest BCUT2D eigenvalue weighted by Crippen LogP contribution is -2.24. The summed E-state index contributed by atoms with van der Waals surface area (Å²) in [6.07, 6.45) is 3.79. The van der Waals surface area contributed by atoms with E-state index >= 15 is 0 Å². The first-order valence-corrected chi connectivity index (χ1v) is 4.85. The molecular formula is C11H22O. The minimum atomic E-state index is -0.205. The van der Waals surface area contributed by atoms with Gasteiger partial charge in [-0.1, -0.05) is 39.3 Å². The average molecular weight is 170 g/mol. The van der Waals surface area contributed by atoms with E-state index in [2.05, 4.69) is 20.8 Å². The molecule has 0 aromatic heterocycles. The second-order valence-corrected chi connectivity index (χ2v) is 4.13. The molecule has 0 aliphatic heterocycles. The van der Waals surface area contributed by atoms with Crippen molar-refractivity contribution < 1.29 is 5.11 Å². The van der Waals surface area contributed by atoms with Crippen LogP contribution in [0.15, 0.2) is 11.6 Å². The highest BCUT2D eigenvalue weighted by molar-refractivity contribution is 5.09. The van der Waals surface area contributed by atoms with E-state index in [1.165, 1.54) is 5.57 Å². The summed E-state index contributed by atoms with van der Waals surface area (Å²) in [7, 11) is 0. The van der Waals surface area contributed by atoms with Crippen molar-refractivity contribution in [3.8, 4) is 0 Å². The molecule has 1 N–H and O–H groups in total. The number of rotatable bonds is 0. The molecule has 1 aliphatic carbocycles. The molecule has 1 aliphatic rings. The fraction of sp³-hybridized carbons (Fsp3) is 0.818. The normalized spacial score (nSPS) is 26.8. The fourth-order valence-corrected chi connectivity index (χ4v) is 1.84. The summed E-state index contributed by atoms with van der Waals surface area (Å²) in [6, 6.07) is 0. The van der Waals surface area contributed by atoms with Crippen molar-refractivity contribution in [2.75, 3.05) is 0 Å². The van der Waals surface area contributed by atoms with Gasteiger partial charge in [0.15, 0.2) is 0 Å². The summed E-state index contributed by atoms with van der Waals surface area (Å²) in [6.45, 7) is 10.5. The molecule has 0 amide bonds. The molecule has 1 heteroatoms. The summed E-state index contributed by atoms with van der Waals surface area (Å²) in [5.41, 5.74) is 1.63. The molecule has 0 saturated heterocycles. The third-order valence-electron chi connectivity index (χ3n) is 2.00. The lowest BCUT2D eigenvalue weighted by Gasteiger charge is -2.31. The van der Waals surface area contributed by atoms with Gasteiger partial charge in [-0.2, -0.15) is 0 Å². The van der Waals surface area contributed by atoms with Crippen molar-refractivity contribution in [2.45, 2.75) is 53.6 Å². The molecule has 1 nitrogen and oxygen atoms in total. The Morgan fingerprint density at radius 1 is 1.42 bits per heavy atom. The standard InChI is InChI=1S/C9H16O.C2H6/c1-7-4-8(10)6-9(2,3)5-7;1-2/h4,8,10H,5-6H2,1-3H3;1-2H3. The fourth-order valence-electron chi connectivity index (χ4n) is 1.84. The largest absolute Gasteiger partial charge is 0.389 e. The lowest BCUT2D eigenvalue weighted by molar-refractivity contribution is 0.139. The van der Waals surface area contributed by atoms with Gasteiger partial charge in [-0.05, 0) is 25.2 Å². The number of aliphatic hydroxyl groups is 1. The Hall–Kier alpha value is -0.300. The first kappa shape index (κ1) is 11.7. The van der Waals surface area contributed by atoms with E-state index < -0.39 is 0 Å². The highest BCUT2D eigenvalue weighted by atomic mass is 16.3. The Balaban J connectivity index is 0.000000561. The highest BCUT2D eigenvalue weighted by Gasteiger charge is 2.25. The van der Waals surface area contributed by atoms with Gasteiger partial charge in [0, 0.05) is 0 Å². The molecule has 0 aromatic carbocycles. The molecule has 0 saturated carbocycles. The van der Waals surface area contributed by atoms with Crippen LogP contribution in [-0.4, -0.2) is 11.2 Å². The topological polar surface area (TPSA) is 20.2 Å². The maximum atomic E-state index is 9.34. The molecule has 0 radical (unpaired) electrons. The molecule has 12 heavy (non-hydrogen) atoms. The Morgan fingerprint density at radius 3 is 2.25 bits per heavy atom. The van der Waals surface area contributed by atoms with E-state index in [1.807, 2.05) is 19.9 Å². The van der Waals surface area contributed by atoms with Crippen molar-refractivity contribution >= 4 is 0 Å². The van der Waals surface area contributed by atoms with Crippen molar-refractivity contribution in [2.24, 2.45) is 5.41 Å². The number of hydrogen-bond donors (Lipinski definition) is 1. The number of aliphatic hydroxyl groups excluding tert-OH is 1. The summed E-state index contributed by atoms with van der Waals surface area (Å²) in [4.78, 5) is 0. The molecule has 0 fully saturated rings. The van der Waals surface area contributed by atoms with Gasteiger partial charge in [0.05, 0.1) is 6.10 Å². The summed E-state index contributed by atoms with van der Waals surface area (Å²) in [5, 5.41) is 9.34.